The van der Waals surface area contributed by atoms with Crippen molar-refractivity contribution in [3.63, 3.8) is 0 Å². The van der Waals surface area contributed by atoms with Crippen LogP contribution in [0, 0.1) is 20.2 Å². The van der Waals surface area contributed by atoms with Crippen molar-refractivity contribution in [3.05, 3.63) is 38.4 Å². The highest BCUT2D eigenvalue weighted by molar-refractivity contribution is 5.81. The van der Waals surface area contributed by atoms with Crippen LogP contribution < -0.4 is 10.6 Å². The summed E-state index contributed by atoms with van der Waals surface area (Å²) < 4.78 is 4.95. The fourth-order valence-electron chi connectivity index (χ4n) is 1.80. The average molecular weight is 370 g/mol. The number of rotatable bonds is 7. The van der Waals surface area contributed by atoms with E-state index in [2.05, 4.69) is 10.6 Å². The van der Waals surface area contributed by atoms with Crippen molar-refractivity contribution in [1.82, 2.24) is 5.32 Å². The van der Waals surface area contributed by atoms with Crippen LogP contribution in [0.4, 0.5) is 21.9 Å². The molecular formula is C14H18N4O8. The van der Waals surface area contributed by atoms with Crippen LogP contribution in [-0.4, -0.2) is 45.2 Å². The molecular weight excluding hydrogens is 352 g/mol. The average Bonchev–Trinajstić information content (AvgIpc) is 2.48. The van der Waals surface area contributed by atoms with Crippen molar-refractivity contribution in [1.29, 1.82) is 0 Å². The second kappa shape index (κ2) is 8.09. The predicted molar refractivity (Wildman–Crippen MR) is 89.0 cm³/mol. The first-order valence-electron chi connectivity index (χ1n) is 7.29. The lowest BCUT2D eigenvalue weighted by atomic mass is 10.2. The zero-order valence-corrected chi connectivity index (χ0v) is 14.2. The third-order valence-electron chi connectivity index (χ3n) is 2.87. The van der Waals surface area contributed by atoms with Gasteiger partial charge in [-0.25, -0.2) is 9.59 Å². The number of hydrogen-bond donors (Lipinski definition) is 3. The molecule has 3 N–H and O–H groups in total. The number of nitrogens with one attached hydrogen (secondary N) is 2. The van der Waals surface area contributed by atoms with Crippen LogP contribution in [0.25, 0.3) is 0 Å². The maximum Gasteiger partial charge on any atom is 0.408 e. The van der Waals surface area contributed by atoms with Gasteiger partial charge in [-0.2, -0.15) is 0 Å². The van der Waals surface area contributed by atoms with E-state index < -0.39 is 51.5 Å². The Kier molecular flexibility index (Phi) is 6.41. The number of non-ortho nitro benzene ring substituents is 1. The quantitative estimate of drug-likeness (QED) is 0.478. The van der Waals surface area contributed by atoms with Crippen LogP contribution in [0.2, 0.25) is 0 Å². The molecule has 0 saturated carbocycles. The van der Waals surface area contributed by atoms with Gasteiger partial charge in [-0.15, -0.1) is 0 Å². The summed E-state index contributed by atoms with van der Waals surface area (Å²) in [6.45, 7) is 4.38. The summed E-state index contributed by atoms with van der Waals surface area (Å²) in [6, 6.07) is 1.42. The summed E-state index contributed by atoms with van der Waals surface area (Å²) >= 11 is 0. The van der Waals surface area contributed by atoms with Crippen LogP contribution >= 0.6 is 0 Å². The third kappa shape index (κ3) is 6.22. The smallest absolute Gasteiger partial charge is 0.408 e. The van der Waals surface area contributed by atoms with E-state index >= 15 is 0 Å². The van der Waals surface area contributed by atoms with Crippen molar-refractivity contribution in [2.75, 3.05) is 11.9 Å². The fraction of sp³-hybridized carbons (Fsp3) is 0.429. The molecule has 26 heavy (non-hydrogen) atoms. The van der Waals surface area contributed by atoms with E-state index in [1.807, 2.05) is 0 Å². The van der Waals surface area contributed by atoms with Crippen LogP contribution in [-0.2, 0) is 9.53 Å². The van der Waals surface area contributed by atoms with Gasteiger partial charge in [-0.1, -0.05) is 0 Å². The second-order valence-electron chi connectivity index (χ2n) is 6.13. The summed E-state index contributed by atoms with van der Waals surface area (Å²) in [4.78, 5) is 43.0. The predicted octanol–water partition coefficient (Wildman–Crippen LogP) is 1.89. The van der Waals surface area contributed by atoms with Crippen molar-refractivity contribution >= 4 is 29.1 Å². The third-order valence-corrected chi connectivity index (χ3v) is 2.87. The van der Waals surface area contributed by atoms with E-state index in [0.29, 0.717) is 0 Å². The number of anilines is 1. The Morgan fingerprint density at radius 2 is 1.85 bits per heavy atom. The van der Waals surface area contributed by atoms with E-state index in [-0.39, 0.29) is 5.69 Å². The molecule has 0 aliphatic heterocycles. The summed E-state index contributed by atoms with van der Waals surface area (Å²) in [5, 5.41) is 35.5. The zero-order chi connectivity index (χ0) is 20.1. The van der Waals surface area contributed by atoms with E-state index in [9.17, 15) is 29.8 Å². The molecule has 0 bridgehead atoms. The number of aliphatic carboxylic acids is 1. The Hall–Kier alpha value is -3.44. The van der Waals surface area contributed by atoms with Crippen LogP contribution in [0.5, 0.6) is 0 Å². The second-order valence-corrected chi connectivity index (χ2v) is 6.13. The molecule has 0 spiro atoms. The number of nitro benzene ring substituents is 2. The van der Waals surface area contributed by atoms with Gasteiger partial charge in [0.25, 0.3) is 11.4 Å². The Morgan fingerprint density at radius 1 is 1.23 bits per heavy atom. The van der Waals surface area contributed by atoms with E-state index in [4.69, 9.17) is 9.84 Å². The van der Waals surface area contributed by atoms with E-state index in [0.717, 1.165) is 18.2 Å². The first kappa shape index (κ1) is 20.6. The van der Waals surface area contributed by atoms with E-state index in [1.165, 1.54) is 0 Å². The molecule has 1 aromatic rings. The first-order chi connectivity index (χ1) is 11.9. The molecule has 12 nitrogen and oxygen atoms in total. The lowest BCUT2D eigenvalue weighted by Crippen LogP contribution is -2.47. The molecule has 0 radical (unpaired) electrons. The minimum Gasteiger partial charge on any atom is -0.480 e. The molecule has 1 unspecified atom stereocenters. The number of nitrogens with zero attached hydrogens (tertiary/aromatic N) is 2. The van der Waals surface area contributed by atoms with Crippen molar-refractivity contribution in [2.45, 2.75) is 32.4 Å². The van der Waals surface area contributed by atoms with Gasteiger partial charge in [0.1, 0.15) is 17.3 Å². The topological polar surface area (TPSA) is 174 Å². The Labute approximate surface area is 147 Å². The normalized spacial score (nSPS) is 12.0. The highest BCUT2D eigenvalue weighted by Crippen LogP contribution is 2.28. The SMILES string of the molecule is CC(C)(C)OC(=O)NC(CNc1ccc([N+](=O)[O-])cc1[N+](=O)[O-])C(=O)O. The zero-order valence-electron chi connectivity index (χ0n) is 14.2. The molecule has 12 heteroatoms. The standard InChI is InChI=1S/C14H18N4O8/c1-14(2,3)26-13(21)16-10(12(19)20)7-15-9-5-4-8(17(22)23)6-11(9)18(24)25/h4-6,10,15H,7H2,1-3H3,(H,16,21)(H,19,20). The molecule has 0 aliphatic rings. The van der Waals surface area contributed by atoms with Crippen LogP contribution in [0.1, 0.15) is 20.8 Å². The molecule has 1 aromatic carbocycles. The van der Waals surface area contributed by atoms with Crippen molar-refractivity contribution in [2.24, 2.45) is 0 Å². The fourth-order valence-corrected chi connectivity index (χ4v) is 1.80. The largest absolute Gasteiger partial charge is 0.480 e. The highest BCUT2D eigenvalue weighted by atomic mass is 16.6. The monoisotopic (exact) mass is 370 g/mol. The van der Waals surface area contributed by atoms with Crippen molar-refractivity contribution in [3.8, 4) is 0 Å². The minimum absolute atomic E-state index is 0.127. The number of benzene rings is 1. The van der Waals surface area contributed by atoms with Gasteiger partial charge < -0.3 is 20.5 Å². The molecule has 0 saturated heterocycles. The van der Waals surface area contributed by atoms with Gasteiger partial charge in [0.15, 0.2) is 0 Å². The Balaban J connectivity index is 2.90. The van der Waals surface area contributed by atoms with Gasteiger partial charge in [0, 0.05) is 12.6 Å². The maximum absolute atomic E-state index is 11.7. The number of amides is 1. The number of alkyl carbamates (subject to hydrolysis) is 1. The molecule has 0 heterocycles. The van der Waals surface area contributed by atoms with Gasteiger partial charge in [0.2, 0.25) is 0 Å². The molecule has 1 atom stereocenters. The van der Waals surface area contributed by atoms with Crippen LogP contribution in [0.15, 0.2) is 18.2 Å². The number of hydrogen-bond acceptors (Lipinski definition) is 8. The van der Waals surface area contributed by atoms with Gasteiger partial charge in [-0.3, -0.25) is 20.2 Å². The summed E-state index contributed by atoms with van der Waals surface area (Å²) in [6.07, 6.45) is -0.968. The van der Waals surface area contributed by atoms with Crippen molar-refractivity contribution < 1.29 is 29.3 Å². The number of carbonyl (C=O) groups is 2. The maximum atomic E-state index is 11.7. The number of nitro groups is 2. The first-order valence-corrected chi connectivity index (χ1v) is 7.29. The number of carbonyl (C=O) groups excluding carboxylic acids is 1. The summed E-state index contributed by atoms with van der Waals surface area (Å²) in [5.74, 6) is -1.40. The Morgan fingerprint density at radius 3 is 2.31 bits per heavy atom. The van der Waals surface area contributed by atoms with E-state index in [1.54, 1.807) is 20.8 Å². The highest BCUT2D eigenvalue weighted by Gasteiger charge is 2.25. The van der Waals surface area contributed by atoms with Crippen LogP contribution in [0.3, 0.4) is 0 Å². The number of carboxylic acids is 1. The number of carboxylic acid groups (broad SMARTS) is 1. The molecule has 1 rings (SSSR count). The summed E-state index contributed by atoms with van der Waals surface area (Å²) in [5.41, 5.74) is -2.04. The van der Waals surface area contributed by atoms with Gasteiger partial charge in [0.05, 0.1) is 15.9 Å². The van der Waals surface area contributed by atoms with Gasteiger partial charge >= 0.3 is 12.1 Å². The lowest BCUT2D eigenvalue weighted by Gasteiger charge is -2.22. The Bertz CT molecular complexity index is 728. The minimum atomic E-state index is -1.44. The lowest BCUT2D eigenvalue weighted by molar-refractivity contribution is -0.393. The van der Waals surface area contributed by atoms with Gasteiger partial charge in [-0.05, 0) is 26.8 Å². The summed E-state index contributed by atoms with van der Waals surface area (Å²) in [7, 11) is 0. The molecule has 0 fully saturated rings. The molecule has 0 aliphatic carbocycles. The molecule has 142 valence electrons. The molecule has 0 aromatic heterocycles. The molecule has 1 amide bonds. The number of ether oxygens (including phenoxy) is 1.